The van der Waals surface area contributed by atoms with Gasteiger partial charge in [-0.3, -0.25) is 14.4 Å². The van der Waals surface area contributed by atoms with Gasteiger partial charge in [-0.25, -0.2) is 4.90 Å². The molecule has 0 bridgehead atoms. The molecule has 0 fully saturated rings. The molecule has 0 aliphatic carbocycles. The second kappa shape index (κ2) is 9.83. The van der Waals surface area contributed by atoms with Gasteiger partial charge in [-0.1, -0.05) is 53.5 Å². The largest absolute Gasteiger partial charge is 0.350 e. The average Bonchev–Trinajstić information content (AvgIpc) is 3.04. The Kier molecular flexibility index (Phi) is 6.86. The van der Waals surface area contributed by atoms with Gasteiger partial charge in [0.2, 0.25) is 0 Å². The van der Waals surface area contributed by atoms with Crippen molar-refractivity contribution in [1.82, 2.24) is 0 Å². The van der Waals surface area contributed by atoms with E-state index in [1.807, 2.05) is 24.3 Å². The molecule has 8 heteroatoms. The van der Waals surface area contributed by atoms with Crippen LogP contribution in [0.15, 0.2) is 88.0 Å². The lowest BCUT2D eigenvalue weighted by atomic mass is 10.0. The van der Waals surface area contributed by atoms with Crippen LogP contribution in [0.4, 0.5) is 17.1 Å². The first kappa shape index (κ1) is 23.7. The van der Waals surface area contributed by atoms with Crippen LogP contribution in [0.1, 0.15) is 35.7 Å². The van der Waals surface area contributed by atoms with Crippen LogP contribution in [-0.2, 0) is 9.59 Å². The molecule has 6 nitrogen and oxygen atoms in total. The van der Waals surface area contributed by atoms with E-state index in [4.69, 9.17) is 11.6 Å². The Hall–Kier alpha value is -3.42. The molecule has 0 spiro atoms. The monoisotopic (exact) mass is 537 g/mol. The third-order valence-corrected chi connectivity index (χ3v) is 6.24. The Bertz CT molecular complexity index is 1280. The number of carbonyl (C=O) groups excluding carboxylic acids is 3. The molecule has 34 heavy (non-hydrogen) atoms. The van der Waals surface area contributed by atoms with Crippen molar-refractivity contribution in [1.29, 1.82) is 0 Å². The first-order valence-corrected chi connectivity index (χ1v) is 11.7. The number of anilines is 3. The summed E-state index contributed by atoms with van der Waals surface area (Å²) in [6.45, 7) is 4.13. The summed E-state index contributed by atoms with van der Waals surface area (Å²) < 4.78 is 0.917. The Labute approximate surface area is 210 Å². The first-order chi connectivity index (χ1) is 16.2. The smallest absolute Gasteiger partial charge is 0.283 e. The molecule has 3 aromatic carbocycles. The second-order valence-electron chi connectivity index (χ2n) is 8.04. The first-order valence-electron chi connectivity index (χ1n) is 10.6. The standard InChI is InChI=1S/C26H21BrClN3O3/c1-15(2)16-5-13-21(14-6-16)31-25(33)22(28)23(26(31)34)29-19-9-3-17(4-10-19)24(32)30-20-11-7-18(27)8-12-20/h3-15,29H,1-2H3,(H,30,32). The zero-order chi connectivity index (χ0) is 24.4. The molecule has 1 heterocycles. The van der Waals surface area contributed by atoms with Crippen molar-refractivity contribution in [2.75, 3.05) is 15.5 Å². The van der Waals surface area contributed by atoms with Crippen molar-refractivity contribution in [3.05, 3.63) is 99.1 Å². The molecule has 3 amide bonds. The van der Waals surface area contributed by atoms with Gasteiger partial charge in [0.05, 0.1) is 5.69 Å². The molecule has 1 aliphatic heterocycles. The summed E-state index contributed by atoms with van der Waals surface area (Å²) in [4.78, 5) is 39.2. The number of carbonyl (C=O) groups is 3. The van der Waals surface area contributed by atoms with E-state index in [0.717, 1.165) is 14.9 Å². The van der Waals surface area contributed by atoms with E-state index >= 15 is 0 Å². The molecule has 0 aromatic heterocycles. The molecule has 3 aromatic rings. The number of rotatable bonds is 6. The van der Waals surface area contributed by atoms with Gasteiger partial charge in [-0.2, -0.15) is 0 Å². The molecular formula is C26H21BrClN3O3. The summed E-state index contributed by atoms with van der Waals surface area (Å²) in [7, 11) is 0. The fourth-order valence-corrected chi connectivity index (χ4v) is 3.92. The molecular weight excluding hydrogens is 518 g/mol. The normalized spacial score (nSPS) is 13.6. The van der Waals surface area contributed by atoms with Crippen molar-refractivity contribution in [2.24, 2.45) is 0 Å². The Morgan fingerprint density at radius 3 is 2.03 bits per heavy atom. The van der Waals surface area contributed by atoms with Crippen LogP contribution in [-0.4, -0.2) is 17.7 Å². The van der Waals surface area contributed by atoms with Crippen LogP contribution >= 0.6 is 27.5 Å². The second-order valence-corrected chi connectivity index (χ2v) is 9.34. The summed E-state index contributed by atoms with van der Waals surface area (Å²) in [6, 6.07) is 21.0. The number of nitrogens with one attached hydrogen (secondary N) is 2. The van der Waals surface area contributed by atoms with Crippen molar-refractivity contribution in [2.45, 2.75) is 19.8 Å². The van der Waals surface area contributed by atoms with Crippen molar-refractivity contribution >= 4 is 62.3 Å². The van der Waals surface area contributed by atoms with Crippen molar-refractivity contribution < 1.29 is 14.4 Å². The van der Waals surface area contributed by atoms with Gasteiger partial charge in [0, 0.05) is 21.4 Å². The van der Waals surface area contributed by atoms with Crippen LogP contribution in [0, 0.1) is 0 Å². The number of hydrogen-bond acceptors (Lipinski definition) is 4. The lowest BCUT2D eigenvalue weighted by molar-refractivity contribution is -0.120. The minimum Gasteiger partial charge on any atom is -0.350 e. The summed E-state index contributed by atoms with van der Waals surface area (Å²) in [5.41, 5.74) is 3.18. The van der Waals surface area contributed by atoms with Crippen LogP contribution in [0.25, 0.3) is 0 Å². The van der Waals surface area contributed by atoms with E-state index in [1.54, 1.807) is 48.5 Å². The van der Waals surface area contributed by atoms with E-state index in [9.17, 15) is 14.4 Å². The van der Waals surface area contributed by atoms with E-state index in [1.165, 1.54) is 0 Å². The highest BCUT2D eigenvalue weighted by molar-refractivity contribution is 9.10. The lowest BCUT2D eigenvalue weighted by Gasteiger charge is -2.16. The van der Waals surface area contributed by atoms with Gasteiger partial charge < -0.3 is 10.6 Å². The summed E-state index contributed by atoms with van der Waals surface area (Å²) in [5, 5.41) is 5.55. The molecule has 4 rings (SSSR count). The topological polar surface area (TPSA) is 78.5 Å². The molecule has 0 radical (unpaired) electrons. The number of nitrogens with zero attached hydrogens (tertiary/aromatic N) is 1. The maximum atomic E-state index is 13.0. The molecule has 1 aliphatic rings. The van der Waals surface area contributed by atoms with Gasteiger partial charge in [-0.05, 0) is 72.1 Å². The predicted octanol–water partition coefficient (Wildman–Crippen LogP) is 6.26. The maximum absolute atomic E-state index is 13.0. The minimum absolute atomic E-state index is 0.00772. The highest BCUT2D eigenvalue weighted by Gasteiger charge is 2.38. The Morgan fingerprint density at radius 2 is 1.44 bits per heavy atom. The van der Waals surface area contributed by atoms with Gasteiger partial charge in [-0.15, -0.1) is 0 Å². The quantitative estimate of drug-likeness (QED) is 0.363. The summed E-state index contributed by atoms with van der Waals surface area (Å²) in [6.07, 6.45) is 0. The Balaban J connectivity index is 1.46. The highest BCUT2D eigenvalue weighted by atomic mass is 79.9. The maximum Gasteiger partial charge on any atom is 0.283 e. The number of amides is 3. The van der Waals surface area contributed by atoms with Crippen molar-refractivity contribution in [3.8, 4) is 0 Å². The summed E-state index contributed by atoms with van der Waals surface area (Å²) in [5.74, 6) is -1.06. The van der Waals surface area contributed by atoms with Crippen molar-refractivity contribution in [3.63, 3.8) is 0 Å². The summed E-state index contributed by atoms with van der Waals surface area (Å²) >= 11 is 9.58. The van der Waals surface area contributed by atoms with Gasteiger partial charge in [0.1, 0.15) is 10.7 Å². The zero-order valence-corrected chi connectivity index (χ0v) is 20.8. The highest BCUT2D eigenvalue weighted by Crippen LogP contribution is 2.31. The average molecular weight is 539 g/mol. The van der Waals surface area contributed by atoms with Crippen LogP contribution in [0.5, 0.6) is 0 Å². The number of halogens is 2. The van der Waals surface area contributed by atoms with E-state index in [-0.39, 0.29) is 16.6 Å². The van der Waals surface area contributed by atoms with Crippen LogP contribution < -0.4 is 15.5 Å². The number of imide groups is 1. The van der Waals surface area contributed by atoms with E-state index < -0.39 is 11.8 Å². The molecule has 172 valence electrons. The van der Waals surface area contributed by atoms with Crippen LogP contribution in [0.3, 0.4) is 0 Å². The molecule has 0 atom stereocenters. The van der Waals surface area contributed by atoms with Gasteiger partial charge >= 0.3 is 0 Å². The molecule has 0 saturated heterocycles. The third kappa shape index (κ3) is 4.90. The Morgan fingerprint density at radius 1 is 0.853 bits per heavy atom. The number of benzene rings is 3. The molecule has 0 unspecified atom stereocenters. The molecule has 2 N–H and O–H groups in total. The fraction of sp³-hybridized carbons (Fsp3) is 0.115. The predicted molar refractivity (Wildman–Crippen MR) is 138 cm³/mol. The van der Waals surface area contributed by atoms with Crippen LogP contribution in [0.2, 0.25) is 0 Å². The van der Waals surface area contributed by atoms with E-state index in [0.29, 0.717) is 28.5 Å². The van der Waals surface area contributed by atoms with E-state index in [2.05, 4.69) is 40.4 Å². The lowest BCUT2D eigenvalue weighted by Crippen LogP contribution is -2.32. The van der Waals surface area contributed by atoms with Gasteiger partial charge in [0.25, 0.3) is 17.7 Å². The zero-order valence-electron chi connectivity index (χ0n) is 18.4. The third-order valence-electron chi connectivity index (χ3n) is 5.36. The number of hydrogen-bond donors (Lipinski definition) is 2. The molecule has 0 saturated carbocycles. The van der Waals surface area contributed by atoms with Gasteiger partial charge in [0.15, 0.2) is 0 Å². The fourth-order valence-electron chi connectivity index (χ4n) is 3.44. The SMILES string of the molecule is CC(C)c1ccc(N2C(=O)C(Cl)=C(Nc3ccc(C(=O)Nc4ccc(Br)cc4)cc3)C2=O)cc1. The minimum atomic E-state index is -0.586.